The largest absolute Gasteiger partial charge is 0.349 e. The van der Waals surface area contributed by atoms with Gasteiger partial charge in [0, 0.05) is 36.6 Å². The van der Waals surface area contributed by atoms with Crippen molar-refractivity contribution in [2.45, 2.75) is 33.0 Å². The van der Waals surface area contributed by atoms with E-state index in [0.717, 1.165) is 18.7 Å². The van der Waals surface area contributed by atoms with Crippen LogP contribution >= 0.6 is 0 Å². The Morgan fingerprint density at radius 2 is 2.00 bits per heavy atom. The van der Waals surface area contributed by atoms with Crippen molar-refractivity contribution in [3.63, 3.8) is 0 Å². The van der Waals surface area contributed by atoms with E-state index in [4.69, 9.17) is 4.52 Å². The molecule has 5 nitrogen and oxygen atoms in total. The lowest BCUT2D eigenvalue weighted by molar-refractivity contribution is 0.141. The molecule has 0 amide bonds. The molecule has 0 spiro atoms. The Kier molecular flexibility index (Phi) is 3.50. The Balaban J connectivity index is 1.51. The van der Waals surface area contributed by atoms with Gasteiger partial charge in [0.2, 0.25) is 11.7 Å². The maximum absolute atomic E-state index is 5.46. The lowest BCUT2D eigenvalue weighted by Gasteiger charge is -2.33. The maximum atomic E-state index is 5.46. The minimum Gasteiger partial charge on any atom is -0.349 e. The van der Waals surface area contributed by atoms with Gasteiger partial charge in [-0.15, -0.1) is 0 Å². The number of nitrogens with zero attached hydrogens (tertiary/aromatic N) is 4. The number of rotatable bonds is 3. The van der Waals surface area contributed by atoms with Crippen molar-refractivity contribution in [1.82, 2.24) is 19.6 Å². The number of aromatic nitrogens is 3. The first-order valence-electron chi connectivity index (χ1n) is 7.99. The number of benzene rings is 1. The summed E-state index contributed by atoms with van der Waals surface area (Å²) in [4.78, 5) is 6.93. The number of hydrogen-bond acceptors (Lipinski definition) is 4. The molecule has 0 aliphatic carbocycles. The first kappa shape index (κ1) is 14.2. The molecule has 0 N–H and O–H groups in total. The molecule has 4 rings (SSSR count). The first-order valence-corrected chi connectivity index (χ1v) is 7.99. The van der Waals surface area contributed by atoms with E-state index in [-0.39, 0.29) is 0 Å². The van der Waals surface area contributed by atoms with Crippen molar-refractivity contribution in [2.75, 3.05) is 6.54 Å². The van der Waals surface area contributed by atoms with Gasteiger partial charge >= 0.3 is 0 Å². The molecule has 1 aliphatic heterocycles. The maximum Gasteiger partial charge on any atom is 0.241 e. The fourth-order valence-electron chi connectivity index (χ4n) is 3.16. The van der Waals surface area contributed by atoms with Gasteiger partial charge in [-0.3, -0.25) is 4.90 Å². The van der Waals surface area contributed by atoms with Gasteiger partial charge < -0.3 is 9.09 Å². The zero-order valence-corrected chi connectivity index (χ0v) is 13.4. The lowest BCUT2D eigenvalue weighted by Crippen LogP contribution is -2.35. The van der Waals surface area contributed by atoms with Crippen molar-refractivity contribution in [3.05, 3.63) is 59.7 Å². The smallest absolute Gasteiger partial charge is 0.241 e. The van der Waals surface area contributed by atoms with Crippen molar-refractivity contribution < 1.29 is 4.52 Å². The van der Waals surface area contributed by atoms with Gasteiger partial charge in [0.25, 0.3) is 0 Å². The van der Waals surface area contributed by atoms with Crippen LogP contribution < -0.4 is 0 Å². The third kappa shape index (κ3) is 2.68. The Labute approximate surface area is 135 Å². The van der Waals surface area contributed by atoms with Crippen LogP contribution in [0.3, 0.4) is 0 Å². The molecule has 118 valence electrons. The van der Waals surface area contributed by atoms with E-state index in [0.29, 0.717) is 24.3 Å². The molecule has 0 saturated carbocycles. The molecule has 2 aromatic heterocycles. The second kappa shape index (κ2) is 5.66. The molecule has 3 aromatic rings. The molecule has 0 fully saturated rings. The van der Waals surface area contributed by atoms with Crippen LogP contribution in [0.5, 0.6) is 0 Å². The van der Waals surface area contributed by atoms with Gasteiger partial charge in [-0.25, -0.2) is 0 Å². The van der Waals surface area contributed by atoms with Crippen molar-refractivity contribution in [1.29, 1.82) is 0 Å². The second-order valence-corrected chi connectivity index (χ2v) is 6.15. The molecular weight excluding hydrogens is 288 g/mol. The fraction of sp³-hybridized carbons (Fsp3) is 0.333. The average molecular weight is 308 g/mol. The topological polar surface area (TPSA) is 47.1 Å². The molecular formula is C18H20N4O. The van der Waals surface area contributed by atoms with Gasteiger partial charge in [0.05, 0.1) is 6.54 Å². The van der Waals surface area contributed by atoms with Crippen molar-refractivity contribution in [3.8, 4) is 11.4 Å². The van der Waals surface area contributed by atoms with Crippen LogP contribution in [-0.4, -0.2) is 26.2 Å². The normalized spacial score (nSPS) is 18.1. The third-order valence-electron chi connectivity index (χ3n) is 4.58. The van der Waals surface area contributed by atoms with E-state index >= 15 is 0 Å². The van der Waals surface area contributed by atoms with Crippen LogP contribution in [0.2, 0.25) is 0 Å². The molecule has 23 heavy (non-hydrogen) atoms. The summed E-state index contributed by atoms with van der Waals surface area (Å²) < 4.78 is 7.77. The summed E-state index contributed by atoms with van der Waals surface area (Å²) in [5.74, 6) is 1.33. The zero-order chi connectivity index (χ0) is 15.8. The summed E-state index contributed by atoms with van der Waals surface area (Å²) >= 11 is 0. The minimum atomic E-state index is 0.355. The Morgan fingerprint density at radius 3 is 2.83 bits per heavy atom. The Morgan fingerprint density at radius 1 is 1.17 bits per heavy atom. The highest BCUT2D eigenvalue weighted by Crippen LogP contribution is 2.27. The molecule has 3 heterocycles. The first-order chi connectivity index (χ1) is 11.2. The molecule has 1 atom stereocenters. The minimum absolute atomic E-state index is 0.355. The molecule has 0 unspecified atom stereocenters. The van der Waals surface area contributed by atoms with Gasteiger partial charge in [-0.2, -0.15) is 4.98 Å². The van der Waals surface area contributed by atoms with Crippen molar-refractivity contribution in [2.24, 2.45) is 0 Å². The van der Waals surface area contributed by atoms with Gasteiger partial charge in [0.15, 0.2) is 0 Å². The lowest BCUT2D eigenvalue weighted by atomic mass is 10.1. The van der Waals surface area contributed by atoms with Crippen molar-refractivity contribution >= 4 is 0 Å². The summed E-state index contributed by atoms with van der Waals surface area (Å²) in [6.45, 7) is 6.98. The second-order valence-electron chi connectivity index (χ2n) is 6.15. The standard InChI is InChI=1S/C18H20N4O/c1-13-5-7-15(8-6-13)18-19-17(23-20-18)12-22-11-10-21-9-3-4-16(21)14(22)2/h3-9,14H,10-12H2,1-2H3/t14-/m1/s1. The molecule has 0 bridgehead atoms. The summed E-state index contributed by atoms with van der Waals surface area (Å²) in [5.41, 5.74) is 3.56. The molecule has 0 saturated heterocycles. The number of hydrogen-bond donors (Lipinski definition) is 0. The van der Waals surface area contributed by atoms with Crippen LogP contribution in [0.1, 0.15) is 30.1 Å². The average Bonchev–Trinajstić information content (AvgIpc) is 3.20. The zero-order valence-electron chi connectivity index (χ0n) is 13.4. The quantitative estimate of drug-likeness (QED) is 0.744. The highest BCUT2D eigenvalue weighted by atomic mass is 16.5. The van der Waals surface area contributed by atoms with E-state index < -0.39 is 0 Å². The van der Waals surface area contributed by atoms with Crippen LogP contribution in [-0.2, 0) is 13.1 Å². The van der Waals surface area contributed by atoms with Crippen LogP contribution in [0, 0.1) is 6.92 Å². The summed E-state index contributed by atoms with van der Waals surface area (Å²) in [6, 6.07) is 12.8. The molecule has 1 aliphatic rings. The highest BCUT2D eigenvalue weighted by molar-refractivity contribution is 5.54. The van der Waals surface area contributed by atoms with Crippen LogP contribution in [0.25, 0.3) is 11.4 Å². The monoisotopic (exact) mass is 308 g/mol. The molecule has 5 heteroatoms. The van der Waals surface area contributed by atoms with E-state index in [9.17, 15) is 0 Å². The van der Waals surface area contributed by atoms with Gasteiger partial charge in [-0.05, 0) is 26.0 Å². The number of fused-ring (bicyclic) bond motifs is 1. The Bertz CT molecular complexity index is 803. The van der Waals surface area contributed by atoms with E-state index in [1.807, 2.05) is 12.1 Å². The number of aryl methyl sites for hydroxylation is 1. The summed E-state index contributed by atoms with van der Waals surface area (Å²) in [5, 5.41) is 4.12. The highest BCUT2D eigenvalue weighted by Gasteiger charge is 2.25. The van der Waals surface area contributed by atoms with Crippen LogP contribution in [0.4, 0.5) is 0 Å². The molecule has 0 radical (unpaired) electrons. The predicted molar refractivity (Wildman–Crippen MR) is 87.7 cm³/mol. The Hall–Kier alpha value is -2.40. The van der Waals surface area contributed by atoms with E-state index in [1.54, 1.807) is 0 Å². The van der Waals surface area contributed by atoms with Gasteiger partial charge in [-0.1, -0.05) is 35.0 Å². The third-order valence-corrected chi connectivity index (χ3v) is 4.58. The SMILES string of the molecule is Cc1ccc(-c2noc(CN3CCn4cccc4[C@H]3C)n2)cc1. The fourth-order valence-corrected chi connectivity index (χ4v) is 3.16. The van der Waals surface area contributed by atoms with Crippen LogP contribution in [0.15, 0.2) is 47.1 Å². The summed E-state index contributed by atoms with van der Waals surface area (Å²) in [7, 11) is 0. The van der Waals surface area contributed by atoms with Gasteiger partial charge in [0.1, 0.15) is 0 Å². The molecule has 1 aromatic carbocycles. The summed E-state index contributed by atoms with van der Waals surface area (Å²) in [6.07, 6.45) is 2.14. The predicted octanol–water partition coefficient (Wildman–Crippen LogP) is 3.42. The van der Waals surface area contributed by atoms with E-state index in [2.05, 4.69) is 63.9 Å². The van der Waals surface area contributed by atoms with E-state index in [1.165, 1.54) is 11.3 Å².